The van der Waals surface area contributed by atoms with E-state index in [0.717, 1.165) is 29.5 Å². The number of nitrogens with one attached hydrogen (secondary N) is 1. The number of allylic oxidation sites excluding steroid dienone is 2. The molecule has 3 atom stereocenters. The molecule has 2 aromatic rings. The average molecular weight is 530 g/mol. The molecule has 4 amide bonds. The summed E-state index contributed by atoms with van der Waals surface area (Å²) in [6.45, 7) is 4.89. The summed E-state index contributed by atoms with van der Waals surface area (Å²) in [5.41, 5.74) is 2.95. The largest absolute Gasteiger partial charge is 0.354 e. The summed E-state index contributed by atoms with van der Waals surface area (Å²) >= 11 is 0. The third-order valence-electron chi connectivity index (χ3n) is 7.68. The van der Waals surface area contributed by atoms with Crippen LogP contribution in [-0.2, 0) is 32.1 Å². The van der Waals surface area contributed by atoms with Gasteiger partial charge in [-0.25, -0.2) is 0 Å². The standard InChI is InChI=1S/C32H39N3O4/c1-3-4-18-33-30(37)28(21-24-12-6-5-7-13-24)35(22-25-14-10-11-23(2)20-25)29(36)17-19-34-31(38)26-15-8-9-16-27(26)32(34)39/h5-14,20,26-28H,3-4,15-19,21-22H2,1-2H3,(H,33,37)/t26-,27+,28?. The van der Waals surface area contributed by atoms with Crippen LogP contribution < -0.4 is 5.32 Å². The molecule has 1 heterocycles. The van der Waals surface area contributed by atoms with E-state index in [1.807, 2.05) is 73.7 Å². The molecule has 1 unspecified atom stereocenters. The van der Waals surface area contributed by atoms with Crippen LogP contribution in [0.3, 0.4) is 0 Å². The summed E-state index contributed by atoms with van der Waals surface area (Å²) in [5.74, 6) is -1.47. The SMILES string of the molecule is CCCCNC(=O)C(Cc1ccccc1)N(Cc1cccc(C)c1)C(=O)CCN1C(=O)[C@H]2CC=CC[C@H]2C1=O. The fraction of sp³-hybridized carbons (Fsp3) is 0.438. The number of hydrogen-bond acceptors (Lipinski definition) is 4. The highest BCUT2D eigenvalue weighted by Crippen LogP contribution is 2.35. The maximum Gasteiger partial charge on any atom is 0.243 e. The maximum atomic E-state index is 13.9. The molecule has 7 heteroatoms. The van der Waals surface area contributed by atoms with E-state index in [2.05, 4.69) is 12.2 Å². The van der Waals surface area contributed by atoms with Crippen LogP contribution in [-0.4, -0.2) is 52.6 Å². The number of carbonyl (C=O) groups is 4. The zero-order valence-corrected chi connectivity index (χ0v) is 23.0. The van der Waals surface area contributed by atoms with E-state index in [1.165, 1.54) is 4.90 Å². The summed E-state index contributed by atoms with van der Waals surface area (Å²) in [4.78, 5) is 56.2. The molecule has 7 nitrogen and oxygen atoms in total. The van der Waals surface area contributed by atoms with Gasteiger partial charge in [0.2, 0.25) is 23.6 Å². The van der Waals surface area contributed by atoms with Crippen molar-refractivity contribution in [3.05, 3.63) is 83.4 Å². The molecule has 39 heavy (non-hydrogen) atoms. The van der Waals surface area contributed by atoms with Gasteiger partial charge in [-0.3, -0.25) is 24.1 Å². The lowest BCUT2D eigenvalue weighted by atomic mass is 9.85. The first-order chi connectivity index (χ1) is 18.9. The second-order valence-corrected chi connectivity index (χ2v) is 10.6. The molecular weight excluding hydrogens is 490 g/mol. The minimum atomic E-state index is -0.728. The topological polar surface area (TPSA) is 86.8 Å². The van der Waals surface area contributed by atoms with Crippen molar-refractivity contribution >= 4 is 23.6 Å². The van der Waals surface area contributed by atoms with Crippen molar-refractivity contribution in [1.82, 2.24) is 15.1 Å². The molecule has 0 aromatic heterocycles. The minimum Gasteiger partial charge on any atom is -0.354 e. The van der Waals surface area contributed by atoms with Crippen LogP contribution in [0.5, 0.6) is 0 Å². The zero-order valence-electron chi connectivity index (χ0n) is 23.0. The lowest BCUT2D eigenvalue weighted by Gasteiger charge is -2.32. The van der Waals surface area contributed by atoms with E-state index < -0.39 is 6.04 Å². The lowest BCUT2D eigenvalue weighted by Crippen LogP contribution is -2.51. The molecule has 1 N–H and O–H groups in total. The minimum absolute atomic E-state index is 0.0241. The van der Waals surface area contributed by atoms with E-state index >= 15 is 0 Å². The van der Waals surface area contributed by atoms with Gasteiger partial charge in [-0.2, -0.15) is 0 Å². The number of amides is 4. The number of fused-ring (bicyclic) bond motifs is 1. The molecule has 2 aromatic carbocycles. The van der Waals surface area contributed by atoms with E-state index in [1.54, 1.807) is 4.90 Å². The van der Waals surface area contributed by atoms with Gasteiger partial charge in [0.05, 0.1) is 11.8 Å². The second-order valence-electron chi connectivity index (χ2n) is 10.6. The Morgan fingerprint density at radius 2 is 1.64 bits per heavy atom. The highest BCUT2D eigenvalue weighted by Gasteiger charge is 2.47. The smallest absolute Gasteiger partial charge is 0.243 e. The van der Waals surface area contributed by atoms with Crippen molar-refractivity contribution in [1.29, 1.82) is 0 Å². The van der Waals surface area contributed by atoms with Gasteiger partial charge in [-0.15, -0.1) is 0 Å². The van der Waals surface area contributed by atoms with Crippen LogP contribution >= 0.6 is 0 Å². The Kier molecular flexibility index (Phi) is 9.69. The fourth-order valence-electron chi connectivity index (χ4n) is 5.51. The van der Waals surface area contributed by atoms with Crippen molar-refractivity contribution in [2.45, 2.75) is 65.0 Å². The molecule has 1 fully saturated rings. The number of benzene rings is 2. The van der Waals surface area contributed by atoms with Crippen molar-refractivity contribution in [2.24, 2.45) is 11.8 Å². The van der Waals surface area contributed by atoms with Crippen LogP contribution in [0.15, 0.2) is 66.7 Å². The summed E-state index contributed by atoms with van der Waals surface area (Å²) in [7, 11) is 0. The first kappa shape index (κ1) is 28.3. The number of hydrogen-bond donors (Lipinski definition) is 1. The van der Waals surface area contributed by atoms with Crippen LogP contribution in [0.4, 0.5) is 0 Å². The Bertz CT molecular complexity index is 1180. The van der Waals surface area contributed by atoms with Gasteiger partial charge < -0.3 is 10.2 Å². The van der Waals surface area contributed by atoms with Crippen LogP contribution in [0.2, 0.25) is 0 Å². The Morgan fingerprint density at radius 3 is 2.28 bits per heavy atom. The molecule has 0 saturated carbocycles. The Morgan fingerprint density at radius 1 is 0.974 bits per heavy atom. The van der Waals surface area contributed by atoms with E-state index in [0.29, 0.717) is 25.8 Å². The maximum absolute atomic E-state index is 13.9. The normalized spacial score (nSPS) is 19.1. The Balaban J connectivity index is 1.57. The molecular formula is C32H39N3O4. The highest BCUT2D eigenvalue weighted by molar-refractivity contribution is 6.05. The Hall–Kier alpha value is -3.74. The number of likely N-dealkylation sites (tertiary alicyclic amines) is 1. The summed E-state index contributed by atoms with van der Waals surface area (Å²) in [6.07, 6.45) is 7.19. The summed E-state index contributed by atoms with van der Waals surface area (Å²) in [6, 6.07) is 16.9. The lowest BCUT2D eigenvalue weighted by molar-refractivity contribution is -0.144. The molecule has 0 radical (unpaired) electrons. The summed E-state index contributed by atoms with van der Waals surface area (Å²) < 4.78 is 0. The summed E-state index contributed by atoms with van der Waals surface area (Å²) in [5, 5.41) is 3.02. The van der Waals surface area contributed by atoms with Crippen LogP contribution in [0.1, 0.15) is 55.7 Å². The van der Waals surface area contributed by atoms with Gasteiger partial charge >= 0.3 is 0 Å². The zero-order chi connectivity index (χ0) is 27.8. The molecule has 4 rings (SSSR count). The van der Waals surface area contributed by atoms with Gasteiger partial charge in [0.15, 0.2) is 0 Å². The van der Waals surface area contributed by atoms with Crippen LogP contribution in [0, 0.1) is 18.8 Å². The number of carbonyl (C=O) groups excluding carboxylic acids is 4. The molecule has 1 aliphatic heterocycles. The van der Waals surface area contributed by atoms with Gasteiger partial charge in [-0.05, 0) is 37.3 Å². The number of nitrogens with zero attached hydrogens (tertiary/aromatic N) is 2. The monoisotopic (exact) mass is 529 g/mol. The van der Waals surface area contributed by atoms with Gasteiger partial charge in [0.1, 0.15) is 6.04 Å². The van der Waals surface area contributed by atoms with E-state index in [9.17, 15) is 19.2 Å². The number of unbranched alkanes of at least 4 members (excludes halogenated alkanes) is 1. The number of aryl methyl sites for hydroxylation is 1. The van der Waals surface area contributed by atoms with Gasteiger partial charge in [-0.1, -0.05) is 85.7 Å². The van der Waals surface area contributed by atoms with E-state index in [4.69, 9.17) is 0 Å². The predicted molar refractivity (Wildman–Crippen MR) is 150 cm³/mol. The molecule has 206 valence electrons. The predicted octanol–water partition coefficient (Wildman–Crippen LogP) is 4.19. The Labute approximate surface area is 231 Å². The molecule has 1 saturated heterocycles. The molecule has 0 bridgehead atoms. The second kappa shape index (κ2) is 13.4. The quantitative estimate of drug-likeness (QED) is 0.254. The molecule has 1 aliphatic carbocycles. The highest BCUT2D eigenvalue weighted by atomic mass is 16.2. The van der Waals surface area contributed by atoms with Crippen molar-refractivity contribution < 1.29 is 19.2 Å². The first-order valence-corrected chi connectivity index (χ1v) is 14.1. The van der Waals surface area contributed by atoms with Gasteiger partial charge in [0.25, 0.3) is 0 Å². The number of imide groups is 1. The number of rotatable bonds is 12. The third-order valence-corrected chi connectivity index (χ3v) is 7.68. The van der Waals surface area contributed by atoms with Crippen molar-refractivity contribution in [3.8, 4) is 0 Å². The molecule has 2 aliphatic rings. The van der Waals surface area contributed by atoms with Crippen molar-refractivity contribution in [3.63, 3.8) is 0 Å². The van der Waals surface area contributed by atoms with Gasteiger partial charge in [0, 0.05) is 32.5 Å². The molecule has 0 spiro atoms. The first-order valence-electron chi connectivity index (χ1n) is 14.1. The third kappa shape index (κ3) is 7.02. The fourth-order valence-corrected chi connectivity index (χ4v) is 5.51. The van der Waals surface area contributed by atoms with Crippen LogP contribution in [0.25, 0.3) is 0 Å². The van der Waals surface area contributed by atoms with Crippen molar-refractivity contribution in [2.75, 3.05) is 13.1 Å². The average Bonchev–Trinajstić information content (AvgIpc) is 3.19. The van der Waals surface area contributed by atoms with E-state index in [-0.39, 0.29) is 55.0 Å².